The molecule has 34 heavy (non-hydrogen) atoms. The van der Waals surface area contributed by atoms with Gasteiger partial charge in [0.15, 0.2) is 0 Å². The van der Waals surface area contributed by atoms with E-state index < -0.39 is 0 Å². The minimum atomic E-state index is 0.0454. The first kappa shape index (κ1) is 22.1. The van der Waals surface area contributed by atoms with Crippen LogP contribution in [0.3, 0.4) is 0 Å². The molecule has 0 aliphatic carbocycles. The maximum atomic E-state index is 13.5. The normalized spacial score (nSPS) is 16.4. The molecule has 174 valence electrons. The predicted octanol–water partition coefficient (Wildman–Crippen LogP) is 4.21. The Morgan fingerprint density at radius 2 is 2.09 bits per heavy atom. The van der Waals surface area contributed by atoms with E-state index in [-0.39, 0.29) is 11.8 Å². The summed E-state index contributed by atoms with van der Waals surface area (Å²) in [5.41, 5.74) is 6.18. The number of benzene rings is 2. The van der Waals surface area contributed by atoms with Crippen molar-refractivity contribution in [2.75, 3.05) is 31.6 Å². The number of nitrogens with zero attached hydrogens (tertiary/aromatic N) is 3. The van der Waals surface area contributed by atoms with E-state index in [1.165, 1.54) is 5.56 Å². The van der Waals surface area contributed by atoms with Crippen LogP contribution in [0.1, 0.15) is 27.0 Å². The van der Waals surface area contributed by atoms with Crippen LogP contribution in [-0.4, -0.2) is 52.3 Å². The van der Waals surface area contributed by atoms with Crippen molar-refractivity contribution in [3.8, 4) is 0 Å². The number of fused-ring (bicyclic) bond motifs is 1. The number of rotatable bonds is 6. The molecule has 1 atom stereocenters. The van der Waals surface area contributed by atoms with Gasteiger partial charge in [-0.3, -0.25) is 14.9 Å². The predicted molar refractivity (Wildman–Crippen MR) is 133 cm³/mol. The zero-order valence-corrected chi connectivity index (χ0v) is 19.3. The van der Waals surface area contributed by atoms with Crippen LogP contribution >= 0.6 is 0 Å². The van der Waals surface area contributed by atoms with Crippen molar-refractivity contribution in [3.63, 3.8) is 0 Å². The number of hydrogen-bond acceptors (Lipinski definition) is 5. The third kappa shape index (κ3) is 4.94. The first-order chi connectivity index (χ1) is 16.7. The van der Waals surface area contributed by atoms with Gasteiger partial charge < -0.3 is 15.0 Å². The number of ether oxygens (including phenoxy) is 1. The molecule has 4 aromatic rings. The van der Waals surface area contributed by atoms with Gasteiger partial charge in [-0.15, -0.1) is 0 Å². The summed E-state index contributed by atoms with van der Waals surface area (Å²) < 4.78 is 5.88. The molecule has 2 aromatic carbocycles. The standard InChI is InChI=1S/C27H29N5O2/c1-19-5-6-23(14-26(19)29-15-20-7-9-28-10-8-20)27(33)32-11-12-34-18-21(17-32)13-22-3-2-4-25-24(22)16-30-31-25/h2-10,14,16,21,29H,11-13,15,17-18H2,1H3,(H,30,31)/t21-/m1/s1. The van der Waals surface area contributed by atoms with Crippen LogP contribution < -0.4 is 5.32 Å². The van der Waals surface area contributed by atoms with Crippen molar-refractivity contribution in [1.29, 1.82) is 0 Å². The lowest BCUT2D eigenvalue weighted by molar-refractivity contribution is 0.0737. The van der Waals surface area contributed by atoms with Crippen molar-refractivity contribution < 1.29 is 9.53 Å². The summed E-state index contributed by atoms with van der Waals surface area (Å²) in [4.78, 5) is 19.5. The lowest BCUT2D eigenvalue weighted by Crippen LogP contribution is -2.36. The number of carbonyl (C=O) groups is 1. The number of aromatic nitrogens is 3. The summed E-state index contributed by atoms with van der Waals surface area (Å²) >= 11 is 0. The fraction of sp³-hybridized carbons (Fsp3) is 0.296. The molecule has 1 aliphatic rings. The van der Waals surface area contributed by atoms with Gasteiger partial charge >= 0.3 is 0 Å². The Morgan fingerprint density at radius 1 is 1.21 bits per heavy atom. The number of anilines is 1. The molecule has 0 spiro atoms. The molecular weight excluding hydrogens is 426 g/mol. The molecule has 0 unspecified atom stereocenters. The molecule has 0 saturated carbocycles. The lowest BCUT2D eigenvalue weighted by Gasteiger charge is -2.24. The van der Waals surface area contributed by atoms with Crippen molar-refractivity contribution >= 4 is 22.5 Å². The summed E-state index contributed by atoms with van der Waals surface area (Å²) in [6.45, 7) is 5.19. The highest BCUT2D eigenvalue weighted by molar-refractivity contribution is 5.95. The van der Waals surface area contributed by atoms with Crippen molar-refractivity contribution in [3.05, 3.63) is 89.4 Å². The van der Waals surface area contributed by atoms with Gasteiger partial charge in [-0.05, 0) is 60.4 Å². The Labute approximate surface area is 199 Å². The minimum absolute atomic E-state index is 0.0454. The zero-order valence-electron chi connectivity index (χ0n) is 19.3. The van der Waals surface area contributed by atoms with E-state index >= 15 is 0 Å². The van der Waals surface area contributed by atoms with Gasteiger partial charge in [-0.25, -0.2) is 0 Å². The monoisotopic (exact) mass is 455 g/mol. The maximum Gasteiger partial charge on any atom is 0.254 e. The summed E-state index contributed by atoms with van der Waals surface area (Å²) in [6, 6.07) is 16.1. The largest absolute Gasteiger partial charge is 0.381 e. The number of H-pyrrole nitrogens is 1. The van der Waals surface area contributed by atoms with E-state index in [2.05, 4.69) is 33.5 Å². The average molecular weight is 456 g/mol. The highest BCUT2D eigenvalue weighted by Gasteiger charge is 2.24. The van der Waals surface area contributed by atoms with Crippen LogP contribution in [0.15, 0.2) is 67.1 Å². The van der Waals surface area contributed by atoms with Crippen molar-refractivity contribution in [2.24, 2.45) is 5.92 Å². The third-order valence-electron chi connectivity index (χ3n) is 6.43. The van der Waals surface area contributed by atoms with Crippen LogP contribution in [0.4, 0.5) is 5.69 Å². The molecule has 1 fully saturated rings. The fourth-order valence-electron chi connectivity index (χ4n) is 4.53. The van der Waals surface area contributed by atoms with E-state index in [0.29, 0.717) is 38.4 Å². The van der Waals surface area contributed by atoms with E-state index in [0.717, 1.165) is 34.1 Å². The number of carbonyl (C=O) groups excluding carboxylic acids is 1. The van der Waals surface area contributed by atoms with Gasteiger partial charge in [-0.1, -0.05) is 18.2 Å². The highest BCUT2D eigenvalue weighted by atomic mass is 16.5. The molecule has 3 heterocycles. The van der Waals surface area contributed by atoms with Gasteiger partial charge in [0.1, 0.15) is 0 Å². The van der Waals surface area contributed by atoms with Gasteiger partial charge in [0, 0.05) is 54.6 Å². The molecular formula is C27H29N5O2. The Bertz CT molecular complexity index is 1270. The minimum Gasteiger partial charge on any atom is -0.381 e. The summed E-state index contributed by atoms with van der Waals surface area (Å²) in [5, 5.41) is 11.8. The van der Waals surface area contributed by atoms with Gasteiger partial charge in [-0.2, -0.15) is 5.10 Å². The molecule has 2 N–H and O–H groups in total. The Hall–Kier alpha value is -3.71. The van der Waals surface area contributed by atoms with Gasteiger partial charge in [0.25, 0.3) is 5.91 Å². The summed E-state index contributed by atoms with van der Waals surface area (Å²) in [6.07, 6.45) is 6.29. The number of nitrogens with one attached hydrogen (secondary N) is 2. The molecule has 1 saturated heterocycles. The number of hydrogen-bond donors (Lipinski definition) is 2. The second-order valence-electron chi connectivity index (χ2n) is 8.88. The Morgan fingerprint density at radius 3 is 2.97 bits per heavy atom. The van der Waals surface area contributed by atoms with E-state index in [1.54, 1.807) is 12.4 Å². The molecule has 0 bridgehead atoms. The van der Waals surface area contributed by atoms with Gasteiger partial charge in [0.05, 0.1) is 24.9 Å². The Kier molecular flexibility index (Phi) is 6.53. The number of pyridine rings is 1. The molecule has 1 amide bonds. The summed E-state index contributed by atoms with van der Waals surface area (Å²) in [7, 11) is 0. The first-order valence-corrected chi connectivity index (χ1v) is 11.7. The van der Waals surface area contributed by atoms with Crippen molar-refractivity contribution in [1.82, 2.24) is 20.1 Å². The smallest absolute Gasteiger partial charge is 0.254 e. The number of aromatic amines is 1. The molecule has 1 aliphatic heterocycles. The fourth-order valence-corrected chi connectivity index (χ4v) is 4.53. The van der Waals surface area contributed by atoms with Crippen LogP contribution in [-0.2, 0) is 17.7 Å². The molecule has 5 rings (SSSR count). The maximum absolute atomic E-state index is 13.5. The molecule has 2 aromatic heterocycles. The Balaban J connectivity index is 1.29. The quantitative estimate of drug-likeness (QED) is 0.455. The SMILES string of the molecule is Cc1ccc(C(=O)N2CCOC[C@H](Cc3cccc4[nH]ncc34)C2)cc1NCc1ccncc1. The van der Waals surface area contributed by atoms with E-state index in [4.69, 9.17) is 4.74 Å². The summed E-state index contributed by atoms with van der Waals surface area (Å²) in [5.74, 6) is 0.269. The number of aryl methyl sites for hydroxylation is 1. The molecule has 7 heteroatoms. The van der Waals surface area contributed by atoms with Crippen LogP contribution in [0.2, 0.25) is 0 Å². The number of amides is 1. The first-order valence-electron chi connectivity index (χ1n) is 11.7. The molecule has 7 nitrogen and oxygen atoms in total. The van der Waals surface area contributed by atoms with E-state index in [9.17, 15) is 4.79 Å². The average Bonchev–Trinajstić information content (AvgIpc) is 3.24. The topological polar surface area (TPSA) is 83.1 Å². The third-order valence-corrected chi connectivity index (χ3v) is 6.43. The highest BCUT2D eigenvalue weighted by Crippen LogP contribution is 2.23. The second-order valence-corrected chi connectivity index (χ2v) is 8.88. The molecule has 0 radical (unpaired) electrons. The van der Waals surface area contributed by atoms with Crippen LogP contribution in [0.25, 0.3) is 10.9 Å². The second kappa shape index (κ2) is 10.1. The lowest BCUT2D eigenvalue weighted by atomic mass is 9.97. The van der Waals surface area contributed by atoms with E-state index in [1.807, 2.05) is 53.6 Å². The van der Waals surface area contributed by atoms with Gasteiger partial charge in [0.2, 0.25) is 0 Å². The van der Waals surface area contributed by atoms with Crippen LogP contribution in [0.5, 0.6) is 0 Å². The van der Waals surface area contributed by atoms with Crippen LogP contribution in [0, 0.1) is 12.8 Å². The zero-order chi connectivity index (χ0) is 23.3. The van der Waals surface area contributed by atoms with Crippen molar-refractivity contribution in [2.45, 2.75) is 19.9 Å².